The zero-order valence-corrected chi connectivity index (χ0v) is 15.6. The predicted octanol–water partition coefficient (Wildman–Crippen LogP) is 4.82. The molecule has 0 aliphatic carbocycles. The second kappa shape index (κ2) is 8.65. The van der Waals surface area contributed by atoms with Gasteiger partial charge in [-0.15, -0.1) is 0 Å². The van der Waals surface area contributed by atoms with Gasteiger partial charge >= 0.3 is 6.18 Å². The average molecular weight is 392 g/mol. The van der Waals surface area contributed by atoms with Gasteiger partial charge in [0.05, 0.1) is 12.7 Å². The summed E-state index contributed by atoms with van der Waals surface area (Å²) in [6, 6.07) is 10.6. The lowest BCUT2D eigenvalue weighted by atomic mass is 9.84. The topological polar surface area (TPSA) is 50.4 Å². The molecule has 0 aromatic heterocycles. The Bertz CT molecular complexity index is 829. The second-order valence-electron chi connectivity index (χ2n) is 6.83. The third-order valence-electron chi connectivity index (χ3n) is 4.97. The number of carbonyl (C=O) groups excluding carboxylic acids is 1. The van der Waals surface area contributed by atoms with Gasteiger partial charge in [-0.2, -0.15) is 13.2 Å². The molecule has 0 spiro atoms. The molecule has 0 bridgehead atoms. The van der Waals surface area contributed by atoms with Crippen molar-refractivity contribution in [3.05, 3.63) is 59.2 Å². The standard InChI is InChI=1S/C21H23F3N2O2/c1-28-16-7-2-6-15(13-16)26-20(27)17-8-3-9-18(21(22,23)24)19(17)14-5-4-11-25-12-10-14/h2-3,6-9,13-14,25H,4-5,10-12H2,1H3,(H,26,27). The molecular formula is C21H23F3N2O2. The van der Waals surface area contributed by atoms with Crippen molar-refractivity contribution >= 4 is 11.6 Å². The van der Waals surface area contributed by atoms with E-state index in [0.29, 0.717) is 30.8 Å². The van der Waals surface area contributed by atoms with E-state index in [1.807, 2.05) is 0 Å². The summed E-state index contributed by atoms with van der Waals surface area (Å²) in [5, 5.41) is 5.92. The van der Waals surface area contributed by atoms with Crippen LogP contribution in [0.2, 0.25) is 0 Å². The number of benzene rings is 2. The van der Waals surface area contributed by atoms with Crippen LogP contribution in [-0.4, -0.2) is 26.1 Å². The number of carbonyl (C=O) groups is 1. The molecule has 1 unspecified atom stereocenters. The Morgan fingerprint density at radius 3 is 2.68 bits per heavy atom. The van der Waals surface area contributed by atoms with E-state index in [1.54, 1.807) is 24.3 Å². The maximum absolute atomic E-state index is 13.7. The van der Waals surface area contributed by atoms with Crippen LogP contribution in [0.25, 0.3) is 0 Å². The molecule has 1 saturated heterocycles. The van der Waals surface area contributed by atoms with Gasteiger partial charge < -0.3 is 15.4 Å². The van der Waals surface area contributed by atoms with Crippen LogP contribution >= 0.6 is 0 Å². The van der Waals surface area contributed by atoms with Gasteiger partial charge in [-0.3, -0.25) is 4.79 Å². The Kier molecular flexibility index (Phi) is 6.24. The minimum absolute atomic E-state index is 0.0737. The molecule has 3 rings (SSSR count). The fourth-order valence-corrected chi connectivity index (χ4v) is 3.66. The van der Waals surface area contributed by atoms with Crippen LogP contribution in [0, 0.1) is 0 Å². The Hall–Kier alpha value is -2.54. The van der Waals surface area contributed by atoms with E-state index in [4.69, 9.17) is 4.74 Å². The van der Waals surface area contributed by atoms with Crippen molar-refractivity contribution in [3.8, 4) is 5.75 Å². The van der Waals surface area contributed by atoms with E-state index in [1.165, 1.54) is 19.2 Å². The molecule has 2 aromatic rings. The first kappa shape index (κ1) is 20.2. The van der Waals surface area contributed by atoms with Crippen LogP contribution < -0.4 is 15.4 Å². The van der Waals surface area contributed by atoms with Crippen molar-refractivity contribution in [2.75, 3.05) is 25.5 Å². The van der Waals surface area contributed by atoms with Gasteiger partial charge in [0.1, 0.15) is 5.75 Å². The third-order valence-corrected chi connectivity index (χ3v) is 4.97. The lowest BCUT2D eigenvalue weighted by Gasteiger charge is -2.23. The molecule has 150 valence electrons. The van der Waals surface area contributed by atoms with Crippen LogP contribution in [0.5, 0.6) is 5.75 Å². The minimum Gasteiger partial charge on any atom is -0.497 e. The van der Waals surface area contributed by atoms with Crippen molar-refractivity contribution in [3.63, 3.8) is 0 Å². The van der Waals surface area contributed by atoms with Crippen LogP contribution in [0.4, 0.5) is 18.9 Å². The average Bonchev–Trinajstić information content (AvgIpc) is 2.96. The number of rotatable bonds is 4. The van der Waals surface area contributed by atoms with Gasteiger partial charge in [0, 0.05) is 17.3 Å². The number of methoxy groups -OCH3 is 1. The number of anilines is 1. The normalized spacial score (nSPS) is 17.6. The highest BCUT2D eigenvalue weighted by atomic mass is 19.4. The molecule has 1 amide bonds. The van der Waals surface area contributed by atoms with Gasteiger partial charge in [0.25, 0.3) is 5.91 Å². The Labute approximate surface area is 162 Å². The predicted molar refractivity (Wildman–Crippen MR) is 102 cm³/mol. The minimum atomic E-state index is -4.51. The van der Waals surface area contributed by atoms with Gasteiger partial charge in [0.15, 0.2) is 0 Å². The van der Waals surface area contributed by atoms with Crippen molar-refractivity contribution in [2.24, 2.45) is 0 Å². The summed E-state index contributed by atoms with van der Waals surface area (Å²) in [4.78, 5) is 12.9. The van der Waals surface area contributed by atoms with E-state index >= 15 is 0 Å². The molecule has 1 heterocycles. The fraction of sp³-hybridized carbons (Fsp3) is 0.381. The van der Waals surface area contributed by atoms with Gasteiger partial charge in [0.2, 0.25) is 0 Å². The number of ether oxygens (including phenoxy) is 1. The van der Waals surface area contributed by atoms with Crippen molar-refractivity contribution < 1.29 is 22.7 Å². The number of alkyl halides is 3. The van der Waals surface area contributed by atoms with E-state index in [0.717, 1.165) is 19.0 Å². The Morgan fingerprint density at radius 1 is 1.14 bits per heavy atom. The first-order valence-corrected chi connectivity index (χ1v) is 9.26. The number of hydrogen-bond acceptors (Lipinski definition) is 3. The lowest BCUT2D eigenvalue weighted by Crippen LogP contribution is -2.21. The van der Waals surface area contributed by atoms with Crippen molar-refractivity contribution in [1.82, 2.24) is 5.32 Å². The van der Waals surface area contributed by atoms with Crippen molar-refractivity contribution in [1.29, 1.82) is 0 Å². The summed E-state index contributed by atoms with van der Waals surface area (Å²) < 4.78 is 46.3. The molecule has 7 heteroatoms. The molecule has 2 N–H and O–H groups in total. The smallest absolute Gasteiger partial charge is 0.416 e. The molecule has 2 aromatic carbocycles. The maximum atomic E-state index is 13.7. The Balaban J connectivity index is 2.00. The SMILES string of the molecule is COc1cccc(NC(=O)c2cccc(C(F)(F)F)c2C2CCCNCC2)c1. The molecule has 1 fully saturated rings. The lowest BCUT2D eigenvalue weighted by molar-refractivity contribution is -0.138. The quantitative estimate of drug-likeness (QED) is 0.784. The number of nitrogens with one attached hydrogen (secondary N) is 2. The van der Waals surface area contributed by atoms with E-state index < -0.39 is 17.6 Å². The van der Waals surface area contributed by atoms with Crippen LogP contribution in [0.3, 0.4) is 0 Å². The third kappa shape index (κ3) is 4.65. The molecule has 1 aliphatic heterocycles. The van der Waals surface area contributed by atoms with E-state index in [2.05, 4.69) is 10.6 Å². The molecular weight excluding hydrogens is 369 g/mol. The highest BCUT2D eigenvalue weighted by Crippen LogP contribution is 2.40. The van der Waals surface area contributed by atoms with Crippen molar-refractivity contribution in [2.45, 2.75) is 31.4 Å². The first-order valence-electron chi connectivity index (χ1n) is 9.26. The fourth-order valence-electron chi connectivity index (χ4n) is 3.66. The second-order valence-corrected chi connectivity index (χ2v) is 6.83. The summed E-state index contributed by atoms with van der Waals surface area (Å²) in [5.74, 6) is -0.317. The summed E-state index contributed by atoms with van der Waals surface area (Å²) in [5.41, 5.74) is -0.0865. The van der Waals surface area contributed by atoms with Gasteiger partial charge in [-0.25, -0.2) is 0 Å². The highest BCUT2D eigenvalue weighted by Gasteiger charge is 2.37. The largest absolute Gasteiger partial charge is 0.497 e. The van der Waals surface area contributed by atoms with Gasteiger partial charge in [-0.05, 0) is 68.1 Å². The first-order chi connectivity index (χ1) is 13.4. The van der Waals surface area contributed by atoms with Crippen LogP contribution in [0.15, 0.2) is 42.5 Å². The zero-order chi connectivity index (χ0) is 20.1. The summed E-state index contributed by atoms with van der Waals surface area (Å²) in [6.07, 6.45) is -2.57. The molecule has 0 saturated carbocycles. The van der Waals surface area contributed by atoms with Gasteiger partial charge in [-0.1, -0.05) is 12.1 Å². The Morgan fingerprint density at radius 2 is 1.93 bits per heavy atom. The monoisotopic (exact) mass is 392 g/mol. The molecule has 1 atom stereocenters. The van der Waals surface area contributed by atoms with Crippen LogP contribution in [-0.2, 0) is 6.18 Å². The summed E-state index contributed by atoms with van der Waals surface area (Å²) in [7, 11) is 1.51. The van der Waals surface area contributed by atoms with E-state index in [9.17, 15) is 18.0 Å². The molecule has 0 radical (unpaired) electrons. The highest BCUT2D eigenvalue weighted by molar-refractivity contribution is 6.05. The zero-order valence-electron chi connectivity index (χ0n) is 15.6. The molecule has 4 nitrogen and oxygen atoms in total. The summed E-state index contributed by atoms with van der Waals surface area (Å²) >= 11 is 0. The summed E-state index contributed by atoms with van der Waals surface area (Å²) in [6.45, 7) is 1.41. The number of hydrogen-bond donors (Lipinski definition) is 2. The maximum Gasteiger partial charge on any atom is 0.416 e. The molecule has 1 aliphatic rings. The number of amides is 1. The molecule has 28 heavy (non-hydrogen) atoms. The number of halogens is 3. The van der Waals surface area contributed by atoms with Crippen LogP contribution in [0.1, 0.15) is 46.7 Å². The van der Waals surface area contributed by atoms with E-state index in [-0.39, 0.29) is 17.0 Å².